The molecule has 0 atom stereocenters. The van der Waals surface area contributed by atoms with Crippen LogP contribution in [-0.4, -0.2) is 16.8 Å². The second-order valence-corrected chi connectivity index (χ2v) is 7.72. The number of fused-ring (bicyclic) bond motifs is 1. The molecule has 0 aliphatic carbocycles. The Balaban J connectivity index is 1.61. The van der Waals surface area contributed by atoms with Gasteiger partial charge < -0.3 is 15.6 Å². The zero-order chi connectivity index (χ0) is 21.8. The largest absolute Gasteiger partial charge is 0.361 e. The van der Waals surface area contributed by atoms with Crippen molar-refractivity contribution in [2.45, 2.75) is 0 Å². The fourth-order valence-electron chi connectivity index (χ4n) is 3.00. The van der Waals surface area contributed by atoms with Gasteiger partial charge in [-0.1, -0.05) is 34.1 Å². The molecule has 0 saturated carbocycles. The first-order valence-electron chi connectivity index (χ1n) is 9.41. The van der Waals surface area contributed by atoms with E-state index in [1.54, 1.807) is 36.4 Å². The van der Waals surface area contributed by atoms with E-state index in [1.807, 2.05) is 18.3 Å². The maximum absolute atomic E-state index is 13.3. The van der Waals surface area contributed by atoms with Gasteiger partial charge in [0.2, 0.25) is 0 Å². The van der Waals surface area contributed by atoms with Crippen LogP contribution in [0.5, 0.6) is 0 Å². The van der Waals surface area contributed by atoms with E-state index < -0.39 is 11.8 Å². The molecule has 1 heterocycles. The van der Waals surface area contributed by atoms with Crippen molar-refractivity contribution in [2.75, 3.05) is 5.32 Å². The van der Waals surface area contributed by atoms with Crippen LogP contribution in [-0.2, 0) is 4.79 Å². The number of aromatic amines is 1. The summed E-state index contributed by atoms with van der Waals surface area (Å²) in [7, 11) is 0. The summed E-state index contributed by atoms with van der Waals surface area (Å²) in [6, 6.07) is 19.8. The normalized spacial score (nSPS) is 11.4. The summed E-state index contributed by atoms with van der Waals surface area (Å²) < 4.78 is 14.1. The molecule has 4 aromatic rings. The fraction of sp³-hybridized carbons (Fsp3) is 0. The highest BCUT2D eigenvalue weighted by atomic mass is 79.9. The van der Waals surface area contributed by atoms with Gasteiger partial charge in [-0.2, -0.15) is 0 Å². The Morgan fingerprint density at radius 1 is 0.935 bits per heavy atom. The molecule has 0 fully saturated rings. The Morgan fingerprint density at radius 2 is 1.68 bits per heavy atom. The number of hydrogen-bond acceptors (Lipinski definition) is 2. The van der Waals surface area contributed by atoms with Gasteiger partial charge >= 0.3 is 0 Å². The maximum Gasteiger partial charge on any atom is 0.272 e. The molecule has 31 heavy (non-hydrogen) atoms. The third kappa shape index (κ3) is 5.07. The van der Waals surface area contributed by atoms with Crippen molar-refractivity contribution in [1.29, 1.82) is 0 Å². The van der Waals surface area contributed by atoms with Gasteiger partial charge in [0.1, 0.15) is 11.5 Å². The molecular formula is C24H17BrFN3O2. The minimum absolute atomic E-state index is 0.0334. The molecule has 3 N–H and O–H groups in total. The highest BCUT2D eigenvalue weighted by molar-refractivity contribution is 9.10. The van der Waals surface area contributed by atoms with Gasteiger partial charge in [-0.15, -0.1) is 0 Å². The number of nitrogens with one attached hydrogen (secondary N) is 3. The van der Waals surface area contributed by atoms with Crippen LogP contribution in [0.25, 0.3) is 17.0 Å². The summed E-state index contributed by atoms with van der Waals surface area (Å²) in [4.78, 5) is 28.8. The molecule has 3 aromatic carbocycles. The van der Waals surface area contributed by atoms with Gasteiger partial charge in [0.25, 0.3) is 11.8 Å². The first-order chi connectivity index (χ1) is 15.0. The lowest BCUT2D eigenvalue weighted by molar-refractivity contribution is -0.113. The molecule has 0 aliphatic heterocycles. The zero-order valence-corrected chi connectivity index (χ0v) is 17.7. The smallest absolute Gasteiger partial charge is 0.272 e. The van der Waals surface area contributed by atoms with Crippen LogP contribution in [0, 0.1) is 5.82 Å². The molecule has 0 unspecified atom stereocenters. The van der Waals surface area contributed by atoms with Crippen molar-refractivity contribution < 1.29 is 14.0 Å². The predicted molar refractivity (Wildman–Crippen MR) is 123 cm³/mol. The van der Waals surface area contributed by atoms with E-state index in [1.165, 1.54) is 30.3 Å². The summed E-state index contributed by atoms with van der Waals surface area (Å²) in [6.07, 6.45) is 3.31. The molecule has 2 amide bonds. The third-order valence-corrected chi connectivity index (χ3v) is 5.12. The van der Waals surface area contributed by atoms with E-state index >= 15 is 0 Å². The number of anilines is 1. The quantitative estimate of drug-likeness (QED) is 0.333. The average Bonchev–Trinajstić information content (AvgIpc) is 3.23. The number of benzene rings is 3. The molecular weight excluding hydrogens is 461 g/mol. The first kappa shape index (κ1) is 20.6. The number of H-pyrrole nitrogens is 1. The van der Waals surface area contributed by atoms with Crippen molar-refractivity contribution in [3.05, 3.63) is 106 Å². The molecule has 154 valence electrons. The number of carbonyl (C=O) groups excluding carboxylic acids is 2. The summed E-state index contributed by atoms with van der Waals surface area (Å²) >= 11 is 3.33. The molecule has 1 aromatic heterocycles. The van der Waals surface area contributed by atoms with Crippen LogP contribution >= 0.6 is 15.9 Å². The lowest BCUT2D eigenvalue weighted by Gasteiger charge is -2.12. The summed E-state index contributed by atoms with van der Waals surface area (Å²) in [5, 5.41) is 6.48. The lowest BCUT2D eigenvalue weighted by atomic mass is 10.1. The van der Waals surface area contributed by atoms with E-state index in [0.29, 0.717) is 16.8 Å². The Hall–Kier alpha value is -3.71. The van der Waals surface area contributed by atoms with Gasteiger partial charge in [-0.3, -0.25) is 9.59 Å². The zero-order valence-electron chi connectivity index (χ0n) is 16.2. The first-order valence-corrected chi connectivity index (χ1v) is 10.2. The summed E-state index contributed by atoms with van der Waals surface area (Å²) in [5.74, 6) is -1.32. The topological polar surface area (TPSA) is 74.0 Å². The lowest BCUT2D eigenvalue weighted by Crippen LogP contribution is -2.30. The van der Waals surface area contributed by atoms with Gasteiger partial charge in [0, 0.05) is 27.4 Å². The number of aromatic nitrogens is 1. The van der Waals surface area contributed by atoms with E-state index in [4.69, 9.17) is 0 Å². The molecule has 0 bridgehead atoms. The second kappa shape index (κ2) is 8.97. The van der Waals surface area contributed by atoms with E-state index in [2.05, 4.69) is 31.5 Å². The predicted octanol–water partition coefficient (Wildman–Crippen LogP) is 5.48. The standard InChI is InChI=1S/C24H17BrFN3O2/c25-18-6-3-17(4-7-18)23(30)29-22(13-15-1-8-19(26)9-2-15)24(31)28-20-10-5-16-11-12-27-21(16)14-20/h1-14,27H,(H,28,31)(H,29,30)/b22-13+. The van der Waals surface area contributed by atoms with Crippen molar-refractivity contribution in [3.63, 3.8) is 0 Å². The highest BCUT2D eigenvalue weighted by Crippen LogP contribution is 2.19. The molecule has 0 aliphatic rings. The van der Waals surface area contributed by atoms with Gasteiger partial charge in [0.15, 0.2) is 0 Å². The molecule has 0 spiro atoms. The number of halogens is 2. The Kier molecular flexibility index (Phi) is 5.95. The SMILES string of the molecule is O=C(Nc1ccc2cc[nH]c2c1)/C(=C\c1ccc(F)cc1)NC(=O)c1ccc(Br)cc1. The molecule has 4 rings (SSSR count). The summed E-state index contributed by atoms with van der Waals surface area (Å²) in [5.41, 5.74) is 2.45. The summed E-state index contributed by atoms with van der Waals surface area (Å²) in [6.45, 7) is 0. The van der Waals surface area contributed by atoms with Crippen LogP contribution in [0.3, 0.4) is 0 Å². The van der Waals surface area contributed by atoms with Gasteiger partial charge in [-0.05, 0) is 71.6 Å². The Labute approximate surface area is 186 Å². The highest BCUT2D eigenvalue weighted by Gasteiger charge is 2.15. The van der Waals surface area contributed by atoms with Crippen molar-refractivity contribution in [3.8, 4) is 0 Å². The number of hydrogen-bond donors (Lipinski definition) is 3. The number of carbonyl (C=O) groups is 2. The minimum atomic E-state index is -0.499. The van der Waals surface area contributed by atoms with Crippen LogP contribution in [0.2, 0.25) is 0 Å². The molecule has 5 nitrogen and oxygen atoms in total. The molecule has 0 radical (unpaired) electrons. The van der Waals surface area contributed by atoms with E-state index in [9.17, 15) is 14.0 Å². The van der Waals surface area contributed by atoms with Crippen molar-refractivity contribution >= 4 is 50.4 Å². The minimum Gasteiger partial charge on any atom is -0.361 e. The average molecular weight is 478 g/mol. The van der Waals surface area contributed by atoms with Crippen molar-refractivity contribution in [2.24, 2.45) is 0 Å². The maximum atomic E-state index is 13.3. The van der Waals surface area contributed by atoms with Crippen molar-refractivity contribution in [1.82, 2.24) is 10.3 Å². The van der Waals surface area contributed by atoms with E-state index in [-0.39, 0.29) is 11.5 Å². The Morgan fingerprint density at radius 3 is 2.42 bits per heavy atom. The van der Waals surface area contributed by atoms with Gasteiger partial charge in [-0.25, -0.2) is 4.39 Å². The van der Waals surface area contributed by atoms with Gasteiger partial charge in [0.05, 0.1) is 0 Å². The monoisotopic (exact) mass is 477 g/mol. The number of rotatable bonds is 5. The van der Waals surface area contributed by atoms with Crippen LogP contribution in [0.15, 0.2) is 89.2 Å². The molecule has 0 saturated heterocycles. The number of amides is 2. The van der Waals surface area contributed by atoms with Crippen LogP contribution in [0.1, 0.15) is 15.9 Å². The fourth-order valence-corrected chi connectivity index (χ4v) is 3.27. The van der Waals surface area contributed by atoms with Crippen LogP contribution in [0.4, 0.5) is 10.1 Å². The third-order valence-electron chi connectivity index (χ3n) is 4.59. The second-order valence-electron chi connectivity index (χ2n) is 6.80. The van der Waals surface area contributed by atoms with Crippen LogP contribution < -0.4 is 10.6 Å². The Bertz CT molecular complexity index is 1280. The molecule has 7 heteroatoms. The van der Waals surface area contributed by atoms with E-state index in [0.717, 1.165) is 15.4 Å².